The van der Waals surface area contributed by atoms with Crippen LogP contribution in [-0.2, 0) is 0 Å². The van der Waals surface area contributed by atoms with Crippen LogP contribution in [0.25, 0.3) is 0 Å². The molecule has 0 atom stereocenters. The zero-order chi connectivity index (χ0) is 6.95. The Hall–Kier alpha value is 0.500. The van der Waals surface area contributed by atoms with Crippen molar-refractivity contribution in [3.05, 3.63) is 0 Å². The molecular formula is C9H28Cl2N2. The van der Waals surface area contributed by atoms with Gasteiger partial charge in [0, 0.05) is 0 Å². The van der Waals surface area contributed by atoms with E-state index >= 15 is 0 Å². The minimum absolute atomic E-state index is 0. The highest BCUT2D eigenvalue weighted by Crippen LogP contribution is 2.05. The van der Waals surface area contributed by atoms with Crippen LogP contribution in [0.5, 0.6) is 0 Å². The maximum Gasteiger partial charge on any atom is -0.0533 e. The van der Waals surface area contributed by atoms with Gasteiger partial charge < -0.3 is 12.3 Å². The first-order valence-corrected chi connectivity index (χ1v) is 4.41. The summed E-state index contributed by atoms with van der Waals surface area (Å²) in [4.78, 5) is 0. The number of halogens is 2. The van der Waals surface area contributed by atoms with Gasteiger partial charge in [0.25, 0.3) is 0 Å². The minimum Gasteiger partial charge on any atom is -0.344 e. The number of hydrogen-bond acceptors (Lipinski definition) is 2. The Kier molecular flexibility index (Phi) is 66.0. The predicted octanol–water partition coefficient (Wildman–Crippen LogP) is 4.92. The topological polar surface area (TPSA) is 70.0 Å². The summed E-state index contributed by atoms with van der Waals surface area (Å²) in [6.07, 6.45) is 9.97. The molecule has 6 N–H and O–H groups in total. The number of hydrogen-bond donors (Lipinski definition) is 2. The number of unbranched alkanes of at least 4 members (excludes halogenated alkanes) is 6. The lowest BCUT2D eigenvalue weighted by Crippen LogP contribution is -1.76. The van der Waals surface area contributed by atoms with Crippen LogP contribution in [0, 0.1) is 0 Å². The van der Waals surface area contributed by atoms with Crippen molar-refractivity contribution in [2.45, 2.75) is 58.8 Å². The normalized spacial score (nSPS) is 6.92. The van der Waals surface area contributed by atoms with Gasteiger partial charge in [-0.25, -0.2) is 0 Å². The van der Waals surface area contributed by atoms with Crippen molar-refractivity contribution in [3.8, 4) is 0 Å². The molecule has 0 aromatic rings. The molecule has 0 saturated carbocycles. The Bertz CT molecular complexity index is 48.9. The van der Waals surface area contributed by atoms with Crippen molar-refractivity contribution in [2.24, 2.45) is 0 Å². The van der Waals surface area contributed by atoms with Crippen LogP contribution in [-0.4, -0.2) is 0 Å². The van der Waals surface area contributed by atoms with Crippen molar-refractivity contribution in [1.82, 2.24) is 12.3 Å². The van der Waals surface area contributed by atoms with Gasteiger partial charge in [-0.15, -0.1) is 24.8 Å². The predicted molar refractivity (Wildman–Crippen MR) is 68.2 cm³/mol. The second-order valence-electron chi connectivity index (χ2n) is 2.77. The fraction of sp³-hybridized carbons (Fsp3) is 1.00. The van der Waals surface area contributed by atoms with Crippen LogP contribution < -0.4 is 12.3 Å². The molecule has 0 aromatic carbocycles. The molecule has 0 bridgehead atoms. The molecule has 0 aliphatic carbocycles. The number of rotatable bonds is 6. The Morgan fingerprint density at radius 1 is 0.538 bits per heavy atom. The Morgan fingerprint density at radius 3 is 1.00 bits per heavy atom. The van der Waals surface area contributed by atoms with Gasteiger partial charge in [0.1, 0.15) is 0 Å². The van der Waals surface area contributed by atoms with E-state index in [-0.39, 0.29) is 37.1 Å². The third-order valence-electron chi connectivity index (χ3n) is 1.71. The maximum atomic E-state index is 2.26. The monoisotopic (exact) mass is 234 g/mol. The Morgan fingerprint density at radius 2 is 0.769 bits per heavy atom. The van der Waals surface area contributed by atoms with Crippen LogP contribution in [0.15, 0.2) is 0 Å². The van der Waals surface area contributed by atoms with E-state index in [4.69, 9.17) is 0 Å². The van der Waals surface area contributed by atoms with E-state index in [0.717, 1.165) is 0 Å². The van der Waals surface area contributed by atoms with Gasteiger partial charge in [0.2, 0.25) is 0 Å². The second-order valence-corrected chi connectivity index (χ2v) is 2.77. The summed E-state index contributed by atoms with van der Waals surface area (Å²) in [5.74, 6) is 0. The lowest BCUT2D eigenvalue weighted by molar-refractivity contribution is 0.602. The second kappa shape index (κ2) is 29.4. The fourth-order valence-corrected chi connectivity index (χ4v) is 1.03. The smallest absolute Gasteiger partial charge is 0.0533 e. The lowest BCUT2D eigenvalue weighted by atomic mass is 10.1. The van der Waals surface area contributed by atoms with Gasteiger partial charge in [-0.3, -0.25) is 0 Å². The highest BCUT2D eigenvalue weighted by Gasteiger charge is 1.85. The van der Waals surface area contributed by atoms with Crippen LogP contribution in [0.2, 0.25) is 0 Å². The molecule has 2 nitrogen and oxygen atoms in total. The lowest BCUT2D eigenvalue weighted by Gasteiger charge is -1.96. The molecule has 0 rings (SSSR count). The third-order valence-corrected chi connectivity index (χ3v) is 1.71. The van der Waals surface area contributed by atoms with Crippen LogP contribution in [0.3, 0.4) is 0 Å². The summed E-state index contributed by atoms with van der Waals surface area (Å²) < 4.78 is 0. The van der Waals surface area contributed by atoms with Crippen LogP contribution >= 0.6 is 24.8 Å². The zero-order valence-electron chi connectivity index (χ0n) is 9.18. The van der Waals surface area contributed by atoms with E-state index in [0.29, 0.717) is 0 Å². The molecule has 0 heterocycles. The largest absolute Gasteiger partial charge is 0.344 e. The molecule has 0 aliphatic rings. The van der Waals surface area contributed by atoms with Crippen molar-refractivity contribution < 1.29 is 0 Å². The standard InChI is InChI=1S/C9H20.2ClH.2H3N/c1-3-5-7-9-8-6-4-2;;;;/h3-9H2,1-2H3;2*1H;2*1H3. The van der Waals surface area contributed by atoms with Crippen molar-refractivity contribution in [1.29, 1.82) is 0 Å². The van der Waals surface area contributed by atoms with Crippen molar-refractivity contribution >= 4 is 24.8 Å². The van der Waals surface area contributed by atoms with E-state index in [2.05, 4.69) is 13.8 Å². The van der Waals surface area contributed by atoms with Gasteiger partial charge in [-0.2, -0.15) is 0 Å². The van der Waals surface area contributed by atoms with E-state index in [1.165, 1.54) is 44.9 Å². The molecule has 0 saturated heterocycles. The maximum absolute atomic E-state index is 2.26. The zero-order valence-corrected chi connectivity index (χ0v) is 10.8. The SMILES string of the molecule is CCCCCCCCC.Cl.Cl.N.N. The summed E-state index contributed by atoms with van der Waals surface area (Å²) in [5.41, 5.74) is 0. The minimum atomic E-state index is 0. The highest BCUT2D eigenvalue weighted by atomic mass is 35.5. The van der Waals surface area contributed by atoms with E-state index < -0.39 is 0 Å². The highest BCUT2D eigenvalue weighted by molar-refractivity contribution is 5.85. The van der Waals surface area contributed by atoms with Gasteiger partial charge >= 0.3 is 0 Å². The Balaban J connectivity index is -0.0000000533. The fourth-order valence-electron chi connectivity index (χ4n) is 1.03. The van der Waals surface area contributed by atoms with Gasteiger partial charge in [0.15, 0.2) is 0 Å². The van der Waals surface area contributed by atoms with Gasteiger partial charge in [-0.1, -0.05) is 58.8 Å². The van der Waals surface area contributed by atoms with Gasteiger partial charge in [-0.05, 0) is 0 Å². The van der Waals surface area contributed by atoms with Crippen LogP contribution in [0.1, 0.15) is 58.8 Å². The Labute approximate surface area is 96.2 Å². The summed E-state index contributed by atoms with van der Waals surface area (Å²) in [6.45, 7) is 4.53. The third kappa shape index (κ3) is 32.6. The summed E-state index contributed by atoms with van der Waals surface area (Å²) in [5, 5.41) is 0. The van der Waals surface area contributed by atoms with E-state index in [1.807, 2.05) is 0 Å². The molecule has 0 aromatic heterocycles. The molecule has 0 unspecified atom stereocenters. The average molecular weight is 235 g/mol. The quantitative estimate of drug-likeness (QED) is 0.641. The molecule has 0 aliphatic heterocycles. The summed E-state index contributed by atoms with van der Waals surface area (Å²) in [6, 6.07) is 0. The molecule has 0 amide bonds. The molecule has 88 valence electrons. The first kappa shape index (κ1) is 29.2. The molecular weight excluding hydrogens is 207 g/mol. The molecule has 13 heavy (non-hydrogen) atoms. The summed E-state index contributed by atoms with van der Waals surface area (Å²) >= 11 is 0. The van der Waals surface area contributed by atoms with Crippen LogP contribution in [0.4, 0.5) is 0 Å². The van der Waals surface area contributed by atoms with Crippen molar-refractivity contribution in [3.63, 3.8) is 0 Å². The molecule has 0 spiro atoms. The van der Waals surface area contributed by atoms with Crippen molar-refractivity contribution in [2.75, 3.05) is 0 Å². The first-order valence-electron chi connectivity index (χ1n) is 4.41. The van der Waals surface area contributed by atoms with E-state index in [1.54, 1.807) is 0 Å². The molecule has 0 fully saturated rings. The van der Waals surface area contributed by atoms with Gasteiger partial charge in [0.05, 0.1) is 0 Å². The average Bonchev–Trinajstić information content (AvgIpc) is 1.89. The first-order chi connectivity index (χ1) is 4.41. The molecule has 4 heteroatoms. The molecule has 0 radical (unpaired) electrons. The van der Waals surface area contributed by atoms with E-state index in [9.17, 15) is 0 Å². The summed E-state index contributed by atoms with van der Waals surface area (Å²) in [7, 11) is 0.